The molecule has 2 rings (SSSR count). The molecule has 1 N–H and O–H groups in total. The molecule has 0 aromatic carbocycles. The number of hydrogen-bond donors (Lipinski definition) is 1. The molecule has 0 aliphatic carbocycles. The average Bonchev–Trinajstić information content (AvgIpc) is 2.25. The molecule has 3 nitrogen and oxygen atoms in total. The summed E-state index contributed by atoms with van der Waals surface area (Å²) in [5.74, 6) is -1.48. The lowest BCUT2D eigenvalue weighted by Gasteiger charge is -2.29. The van der Waals surface area contributed by atoms with Crippen molar-refractivity contribution < 1.29 is 18.0 Å². The van der Waals surface area contributed by atoms with E-state index >= 15 is 0 Å². The fourth-order valence-corrected chi connectivity index (χ4v) is 1.80. The molecule has 2 saturated heterocycles. The van der Waals surface area contributed by atoms with Gasteiger partial charge in [-0.3, -0.25) is 4.79 Å². The van der Waals surface area contributed by atoms with E-state index in [0.717, 1.165) is 11.4 Å². The second-order valence-electron chi connectivity index (χ2n) is 3.48. The zero-order valence-corrected chi connectivity index (χ0v) is 6.77. The van der Waals surface area contributed by atoms with Crippen LogP contribution in [0, 0.1) is 5.92 Å². The van der Waals surface area contributed by atoms with Crippen LogP contribution in [-0.2, 0) is 4.79 Å². The average molecular weight is 194 g/mol. The third kappa shape index (κ3) is 1.39. The van der Waals surface area contributed by atoms with Crippen molar-refractivity contribution in [1.82, 2.24) is 10.2 Å². The predicted molar refractivity (Wildman–Crippen MR) is 37.9 cm³/mol. The number of likely N-dealkylation sites (tertiary alicyclic amines) is 1. The van der Waals surface area contributed by atoms with Gasteiger partial charge in [-0.25, -0.2) is 0 Å². The van der Waals surface area contributed by atoms with Crippen LogP contribution in [0.2, 0.25) is 0 Å². The quantitative estimate of drug-likeness (QED) is 0.587. The van der Waals surface area contributed by atoms with Gasteiger partial charge in [0.15, 0.2) is 0 Å². The zero-order valence-electron chi connectivity index (χ0n) is 6.77. The van der Waals surface area contributed by atoms with Crippen molar-refractivity contribution in [2.24, 2.45) is 5.92 Å². The van der Waals surface area contributed by atoms with Crippen LogP contribution in [-0.4, -0.2) is 42.7 Å². The summed E-state index contributed by atoms with van der Waals surface area (Å²) < 4.78 is 35.9. The van der Waals surface area contributed by atoms with Gasteiger partial charge >= 0.3 is 12.1 Å². The standard InChI is InChI=1S/C7H9F3N2O/c8-7(9,10)6(13)12-2-4-1-11-5(4)3-12/h4-5,11H,1-3H2/t4-,5+/m0/s1. The second kappa shape index (κ2) is 2.60. The van der Waals surface area contributed by atoms with Crippen molar-refractivity contribution in [3.63, 3.8) is 0 Å². The number of hydrogen-bond acceptors (Lipinski definition) is 2. The summed E-state index contributed by atoms with van der Waals surface area (Å²) in [4.78, 5) is 11.6. The Morgan fingerprint density at radius 3 is 2.38 bits per heavy atom. The number of carbonyl (C=O) groups is 1. The number of carbonyl (C=O) groups excluding carboxylic acids is 1. The summed E-state index contributed by atoms with van der Waals surface area (Å²) in [7, 11) is 0. The van der Waals surface area contributed by atoms with E-state index in [-0.39, 0.29) is 25.0 Å². The number of fused-ring (bicyclic) bond motifs is 1. The molecule has 74 valence electrons. The van der Waals surface area contributed by atoms with Crippen LogP contribution in [0.15, 0.2) is 0 Å². The van der Waals surface area contributed by atoms with Crippen molar-refractivity contribution in [1.29, 1.82) is 0 Å². The van der Waals surface area contributed by atoms with Gasteiger partial charge in [-0.15, -0.1) is 0 Å². The van der Waals surface area contributed by atoms with Gasteiger partial charge in [0, 0.05) is 31.6 Å². The van der Waals surface area contributed by atoms with E-state index in [1.807, 2.05) is 0 Å². The molecule has 0 radical (unpaired) electrons. The van der Waals surface area contributed by atoms with Crippen LogP contribution in [0.25, 0.3) is 0 Å². The number of nitrogens with zero attached hydrogens (tertiary/aromatic N) is 1. The molecule has 2 fully saturated rings. The minimum Gasteiger partial charge on any atom is -0.333 e. The molecule has 13 heavy (non-hydrogen) atoms. The lowest BCUT2D eigenvalue weighted by atomic mass is 9.96. The lowest BCUT2D eigenvalue weighted by molar-refractivity contribution is -0.184. The number of halogens is 3. The Hall–Kier alpha value is -0.780. The summed E-state index contributed by atoms with van der Waals surface area (Å²) in [6.45, 7) is 1.17. The van der Waals surface area contributed by atoms with Crippen LogP contribution in [0.5, 0.6) is 0 Å². The van der Waals surface area contributed by atoms with Gasteiger partial charge < -0.3 is 10.2 Å². The van der Waals surface area contributed by atoms with Crippen LogP contribution in [0.3, 0.4) is 0 Å². The van der Waals surface area contributed by atoms with Crippen molar-refractivity contribution in [2.75, 3.05) is 19.6 Å². The number of alkyl halides is 3. The highest BCUT2D eigenvalue weighted by Crippen LogP contribution is 2.27. The van der Waals surface area contributed by atoms with Crippen molar-refractivity contribution >= 4 is 5.91 Å². The maximum atomic E-state index is 12.0. The van der Waals surface area contributed by atoms with Crippen LogP contribution < -0.4 is 5.32 Å². The monoisotopic (exact) mass is 194 g/mol. The van der Waals surface area contributed by atoms with E-state index in [1.54, 1.807) is 0 Å². The van der Waals surface area contributed by atoms with Gasteiger partial charge in [0.2, 0.25) is 0 Å². The fraction of sp³-hybridized carbons (Fsp3) is 0.857. The van der Waals surface area contributed by atoms with Crippen molar-refractivity contribution in [3.05, 3.63) is 0 Å². The molecule has 0 unspecified atom stereocenters. The number of amides is 1. The normalized spacial score (nSPS) is 32.7. The molecular weight excluding hydrogens is 185 g/mol. The first-order valence-electron chi connectivity index (χ1n) is 4.08. The van der Waals surface area contributed by atoms with Crippen LogP contribution >= 0.6 is 0 Å². The van der Waals surface area contributed by atoms with E-state index in [4.69, 9.17) is 0 Å². The van der Waals surface area contributed by atoms with Gasteiger partial charge in [0.05, 0.1) is 0 Å². The first kappa shape index (κ1) is 8.80. The summed E-state index contributed by atoms with van der Waals surface area (Å²) in [6.07, 6.45) is -4.72. The van der Waals surface area contributed by atoms with E-state index in [9.17, 15) is 18.0 Å². The third-order valence-corrected chi connectivity index (χ3v) is 2.61. The van der Waals surface area contributed by atoms with E-state index in [0.29, 0.717) is 0 Å². The fourth-order valence-electron chi connectivity index (χ4n) is 1.80. The maximum absolute atomic E-state index is 12.0. The largest absolute Gasteiger partial charge is 0.471 e. The molecule has 1 amide bonds. The molecular formula is C7H9F3N2O. The molecule has 0 saturated carbocycles. The van der Waals surface area contributed by atoms with Crippen LogP contribution in [0.1, 0.15) is 0 Å². The molecule has 2 aliphatic heterocycles. The van der Waals surface area contributed by atoms with E-state index in [2.05, 4.69) is 5.32 Å². The summed E-state index contributed by atoms with van der Waals surface area (Å²) in [5.41, 5.74) is 0. The summed E-state index contributed by atoms with van der Waals surface area (Å²) in [5, 5.41) is 2.98. The molecule has 2 heterocycles. The number of rotatable bonds is 0. The van der Waals surface area contributed by atoms with Crippen molar-refractivity contribution in [3.8, 4) is 0 Å². The first-order valence-corrected chi connectivity index (χ1v) is 4.08. The van der Waals surface area contributed by atoms with E-state index < -0.39 is 12.1 Å². The predicted octanol–water partition coefficient (Wildman–Crippen LogP) is -0.0211. The lowest BCUT2D eigenvalue weighted by Crippen LogP contribution is -2.51. The molecule has 0 spiro atoms. The molecule has 0 bridgehead atoms. The summed E-state index contributed by atoms with van der Waals surface area (Å²) >= 11 is 0. The minimum absolute atomic E-state index is 0.0892. The van der Waals surface area contributed by atoms with Crippen molar-refractivity contribution in [2.45, 2.75) is 12.2 Å². The van der Waals surface area contributed by atoms with Crippen LogP contribution in [0.4, 0.5) is 13.2 Å². The highest BCUT2D eigenvalue weighted by atomic mass is 19.4. The second-order valence-corrected chi connectivity index (χ2v) is 3.48. The maximum Gasteiger partial charge on any atom is 0.471 e. The minimum atomic E-state index is -4.72. The molecule has 0 aromatic rings. The van der Waals surface area contributed by atoms with Gasteiger partial charge in [-0.2, -0.15) is 13.2 Å². The Morgan fingerprint density at radius 2 is 2.08 bits per heavy atom. The highest BCUT2D eigenvalue weighted by molar-refractivity contribution is 5.82. The zero-order chi connectivity index (χ0) is 9.64. The summed E-state index contributed by atoms with van der Waals surface area (Å²) in [6, 6.07) is 0.0892. The third-order valence-electron chi connectivity index (χ3n) is 2.61. The van der Waals surface area contributed by atoms with Gasteiger partial charge in [0.1, 0.15) is 0 Å². The Kier molecular flexibility index (Phi) is 1.76. The molecule has 6 heteroatoms. The molecule has 2 aliphatic rings. The highest BCUT2D eigenvalue weighted by Gasteiger charge is 2.49. The Labute approximate surface area is 72.9 Å². The molecule has 0 aromatic heterocycles. The Morgan fingerprint density at radius 1 is 1.38 bits per heavy atom. The topological polar surface area (TPSA) is 32.3 Å². The van der Waals surface area contributed by atoms with E-state index in [1.165, 1.54) is 0 Å². The Balaban J connectivity index is 1.99. The van der Waals surface area contributed by atoms with Gasteiger partial charge in [-0.05, 0) is 0 Å². The Bertz CT molecular complexity index is 228. The van der Waals surface area contributed by atoms with Gasteiger partial charge in [-0.1, -0.05) is 0 Å². The number of nitrogens with one attached hydrogen (secondary N) is 1. The first-order chi connectivity index (χ1) is 5.98. The molecule has 2 atom stereocenters. The van der Waals surface area contributed by atoms with Gasteiger partial charge in [0.25, 0.3) is 0 Å². The SMILES string of the molecule is O=C(N1C[C@@H]2CN[C@@H]2C1)C(F)(F)F. The smallest absolute Gasteiger partial charge is 0.333 e.